The Morgan fingerprint density at radius 3 is 1.88 bits per heavy atom. The van der Waals surface area contributed by atoms with E-state index in [2.05, 4.69) is 58.6 Å². The molecule has 1 amide bonds. The third-order valence-electron chi connectivity index (χ3n) is 5.99. The van der Waals surface area contributed by atoms with Gasteiger partial charge in [-0.1, -0.05) is 47.6 Å². The molecule has 1 aromatic carbocycles. The van der Waals surface area contributed by atoms with Crippen molar-refractivity contribution >= 4 is 5.91 Å². The number of nitrogens with zero attached hydrogens (tertiary/aromatic N) is 2. The van der Waals surface area contributed by atoms with Gasteiger partial charge in [0.25, 0.3) is 0 Å². The van der Waals surface area contributed by atoms with Crippen LogP contribution < -0.4 is 9.47 Å². The van der Waals surface area contributed by atoms with Gasteiger partial charge in [0.2, 0.25) is 12.7 Å². The molecule has 1 aromatic rings. The molecule has 5 nitrogen and oxygen atoms in total. The summed E-state index contributed by atoms with van der Waals surface area (Å²) in [7, 11) is 0. The van der Waals surface area contributed by atoms with Crippen molar-refractivity contribution < 1.29 is 14.3 Å². The first-order valence-corrected chi connectivity index (χ1v) is 13.7. The van der Waals surface area contributed by atoms with E-state index < -0.39 is 0 Å². The molecule has 0 saturated carbocycles. The van der Waals surface area contributed by atoms with Crippen LogP contribution in [0.2, 0.25) is 0 Å². The number of rotatable bonds is 5. The molecule has 2 saturated heterocycles. The van der Waals surface area contributed by atoms with Crippen LogP contribution in [0, 0.1) is 11.8 Å². The highest BCUT2D eigenvalue weighted by molar-refractivity contribution is 5.76. The van der Waals surface area contributed by atoms with E-state index in [9.17, 15) is 4.79 Å². The molecule has 0 unspecified atom stereocenters. The van der Waals surface area contributed by atoms with E-state index in [0.717, 1.165) is 43.5 Å². The molecule has 0 aliphatic carbocycles. The maximum Gasteiger partial charge on any atom is 0.231 e. The first-order chi connectivity index (χ1) is 16.3. The molecule has 3 aliphatic heterocycles. The third kappa shape index (κ3) is 11.6. The quantitative estimate of drug-likeness (QED) is 0.469. The van der Waals surface area contributed by atoms with Crippen LogP contribution >= 0.6 is 0 Å². The van der Waals surface area contributed by atoms with Crippen molar-refractivity contribution in [1.29, 1.82) is 0 Å². The molecule has 2 fully saturated rings. The summed E-state index contributed by atoms with van der Waals surface area (Å²) in [6.07, 6.45) is 7.04. The predicted molar refractivity (Wildman–Crippen MR) is 144 cm³/mol. The van der Waals surface area contributed by atoms with Gasteiger partial charge in [-0.15, -0.1) is 0 Å². The number of amides is 1. The highest BCUT2D eigenvalue weighted by Gasteiger charge is 2.18. The monoisotopic (exact) mass is 476 g/mol. The maximum atomic E-state index is 11.4. The molecule has 4 rings (SSSR count). The molecule has 3 heterocycles. The van der Waals surface area contributed by atoms with Crippen LogP contribution in [0.15, 0.2) is 18.2 Å². The number of hydrogen-bond acceptors (Lipinski definition) is 4. The van der Waals surface area contributed by atoms with E-state index in [-0.39, 0.29) is 0 Å². The van der Waals surface area contributed by atoms with Gasteiger partial charge < -0.3 is 19.3 Å². The number of carbonyl (C=O) groups is 1. The second-order valence-corrected chi connectivity index (χ2v) is 10.3. The standard InChI is InChI=1S/C11H14O2.C9H17NO.C7H15N.C2H6/c1-8(2)5-9-3-4-10-11(6-9)13-7-12-10;1-8(2)7-9(11)10-5-3-4-6-10;1-7(2)8-5-3-4-6-8;1-2/h3-4,6,8H,5,7H2,1-2H3;8H,3-7H2,1-2H3;7H,3-6H2,1-2H3;1-2H3. The zero-order chi connectivity index (χ0) is 25.5. The first kappa shape index (κ1) is 30.3. The van der Waals surface area contributed by atoms with Gasteiger partial charge in [-0.3, -0.25) is 4.79 Å². The van der Waals surface area contributed by atoms with Crippen LogP contribution in [-0.4, -0.2) is 54.7 Å². The second kappa shape index (κ2) is 16.8. The molecule has 196 valence electrons. The van der Waals surface area contributed by atoms with Crippen LogP contribution in [0.3, 0.4) is 0 Å². The van der Waals surface area contributed by atoms with Gasteiger partial charge in [-0.05, 0) is 88.6 Å². The summed E-state index contributed by atoms with van der Waals surface area (Å²) < 4.78 is 10.5. The predicted octanol–water partition coefficient (Wildman–Crippen LogP) is 6.79. The largest absolute Gasteiger partial charge is 0.454 e. The van der Waals surface area contributed by atoms with Crippen LogP contribution in [0.1, 0.15) is 93.1 Å². The number of fused-ring (bicyclic) bond motifs is 1. The summed E-state index contributed by atoms with van der Waals surface area (Å²) in [6, 6.07) is 6.94. The van der Waals surface area contributed by atoms with E-state index in [0.29, 0.717) is 24.5 Å². The average Bonchev–Trinajstić information content (AvgIpc) is 3.57. The minimum absolute atomic E-state index is 0.345. The summed E-state index contributed by atoms with van der Waals surface area (Å²) >= 11 is 0. The molecule has 0 bridgehead atoms. The molecular weight excluding hydrogens is 424 g/mol. The van der Waals surface area contributed by atoms with Gasteiger partial charge >= 0.3 is 0 Å². The minimum atomic E-state index is 0.345. The number of hydrogen-bond donors (Lipinski definition) is 0. The molecule has 0 atom stereocenters. The van der Waals surface area contributed by atoms with Gasteiger partial charge in [-0.25, -0.2) is 0 Å². The Morgan fingerprint density at radius 2 is 1.38 bits per heavy atom. The van der Waals surface area contributed by atoms with Crippen LogP contribution in [0.5, 0.6) is 11.5 Å². The number of ether oxygens (including phenoxy) is 2. The number of likely N-dealkylation sites (tertiary alicyclic amines) is 2. The molecule has 0 radical (unpaired) electrons. The first-order valence-electron chi connectivity index (χ1n) is 13.7. The summed E-state index contributed by atoms with van der Waals surface area (Å²) in [4.78, 5) is 15.9. The van der Waals surface area contributed by atoms with Crippen molar-refractivity contribution in [3.8, 4) is 11.5 Å². The van der Waals surface area contributed by atoms with E-state index >= 15 is 0 Å². The fraction of sp³-hybridized carbons (Fsp3) is 0.759. The summed E-state index contributed by atoms with van der Waals surface area (Å²) in [5.41, 5.74) is 1.32. The molecule has 5 heteroatoms. The van der Waals surface area contributed by atoms with E-state index in [4.69, 9.17) is 9.47 Å². The lowest BCUT2D eigenvalue weighted by molar-refractivity contribution is -0.130. The van der Waals surface area contributed by atoms with Gasteiger partial charge in [0.05, 0.1) is 0 Å². The smallest absolute Gasteiger partial charge is 0.231 e. The van der Waals surface area contributed by atoms with Crippen molar-refractivity contribution in [2.75, 3.05) is 33.0 Å². The molecule has 0 N–H and O–H groups in total. The van der Waals surface area contributed by atoms with Crippen LogP contribution in [0.25, 0.3) is 0 Å². The van der Waals surface area contributed by atoms with Crippen LogP contribution in [-0.2, 0) is 11.2 Å². The lowest BCUT2D eigenvalue weighted by Crippen LogP contribution is -2.28. The zero-order valence-electron chi connectivity index (χ0n) is 23.4. The highest BCUT2D eigenvalue weighted by Crippen LogP contribution is 2.33. The molecule has 0 spiro atoms. The molecule has 3 aliphatic rings. The van der Waals surface area contributed by atoms with Crippen molar-refractivity contribution in [1.82, 2.24) is 9.80 Å². The van der Waals surface area contributed by atoms with Crippen molar-refractivity contribution in [3.05, 3.63) is 23.8 Å². The van der Waals surface area contributed by atoms with E-state index in [1.165, 1.54) is 44.3 Å². The van der Waals surface area contributed by atoms with Crippen molar-refractivity contribution in [3.63, 3.8) is 0 Å². The topological polar surface area (TPSA) is 42.0 Å². The van der Waals surface area contributed by atoms with Crippen molar-refractivity contribution in [2.24, 2.45) is 11.8 Å². The second-order valence-electron chi connectivity index (χ2n) is 10.3. The maximum absolute atomic E-state index is 11.4. The number of benzene rings is 1. The summed E-state index contributed by atoms with van der Waals surface area (Å²) in [6.45, 7) is 22.2. The fourth-order valence-electron chi connectivity index (χ4n) is 4.24. The Bertz CT molecular complexity index is 676. The lowest BCUT2D eigenvalue weighted by Gasteiger charge is -2.18. The lowest BCUT2D eigenvalue weighted by atomic mass is 10.0. The van der Waals surface area contributed by atoms with Gasteiger partial charge in [0, 0.05) is 25.6 Å². The third-order valence-corrected chi connectivity index (χ3v) is 5.99. The molecule has 0 aromatic heterocycles. The van der Waals surface area contributed by atoms with Crippen LogP contribution in [0.4, 0.5) is 0 Å². The fourth-order valence-corrected chi connectivity index (χ4v) is 4.24. The van der Waals surface area contributed by atoms with E-state index in [1.54, 1.807) is 0 Å². The Balaban J connectivity index is 0.000000252. The average molecular weight is 477 g/mol. The molecule has 34 heavy (non-hydrogen) atoms. The Morgan fingerprint density at radius 1 is 0.824 bits per heavy atom. The Hall–Kier alpha value is -1.75. The Kier molecular flexibility index (Phi) is 15.0. The Labute approximate surface area is 210 Å². The summed E-state index contributed by atoms with van der Waals surface area (Å²) in [5, 5.41) is 0. The van der Waals surface area contributed by atoms with Gasteiger partial charge in [0.15, 0.2) is 11.5 Å². The van der Waals surface area contributed by atoms with Gasteiger partial charge in [-0.2, -0.15) is 0 Å². The van der Waals surface area contributed by atoms with Crippen molar-refractivity contribution in [2.45, 2.75) is 100.0 Å². The van der Waals surface area contributed by atoms with E-state index in [1.807, 2.05) is 24.8 Å². The van der Waals surface area contributed by atoms with Gasteiger partial charge in [0.1, 0.15) is 0 Å². The normalized spacial score (nSPS) is 16.6. The summed E-state index contributed by atoms with van der Waals surface area (Å²) in [5.74, 6) is 3.28. The molecular formula is C29H52N2O3. The highest BCUT2D eigenvalue weighted by atomic mass is 16.7. The minimum Gasteiger partial charge on any atom is -0.454 e. The zero-order valence-corrected chi connectivity index (χ0v) is 23.4. The number of carbonyl (C=O) groups excluding carboxylic acids is 1. The SMILES string of the molecule is CC.CC(C)CC(=O)N1CCCC1.CC(C)Cc1ccc2c(c1)OCO2.CC(C)N1CCCC1.